The topological polar surface area (TPSA) is 80.9 Å². The molecule has 7 nitrogen and oxygen atoms in total. The summed E-state index contributed by atoms with van der Waals surface area (Å²) in [6.07, 6.45) is 2.16. The number of hydrogen-bond donors (Lipinski definition) is 2. The lowest BCUT2D eigenvalue weighted by Crippen LogP contribution is -2.45. The summed E-state index contributed by atoms with van der Waals surface area (Å²) in [5, 5.41) is 6.49. The zero-order chi connectivity index (χ0) is 20.8. The first-order valence-corrected chi connectivity index (χ1v) is 9.74. The van der Waals surface area contributed by atoms with Crippen LogP contribution < -0.4 is 20.1 Å². The molecule has 0 saturated heterocycles. The van der Waals surface area contributed by atoms with Crippen molar-refractivity contribution in [3.63, 3.8) is 0 Å². The fourth-order valence-corrected chi connectivity index (χ4v) is 3.05. The third-order valence-corrected chi connectivity index (χ3v) is 4.60. The zero-order valence-electron chi connectivity index (χ0n) is 16.6. The number of ether oxygens (including phenoxy) is 2. The summed E-state index contributed by atoms with van der Waals surface area (Å²) in [7, 11) is 1.71. The molecule has 3 aromatic rings. The van der Waals surface area contributed by atoms with E-state index >= 15 is 0 Å². The van der Waals surface area contributed by atoms with Gasteiger partial charge in [0, 0.05) is 25.6 Å². The smallest absolute Gasteiger partial charge is 0.226 e. The van der Waals surface area contributed by atoms with Gasteiger partial charge in [0.15, 0.2) is 17.5 Å². The van der Waals surface area contributed by atoms with Gasteiger partial charge in [-0.3, -0.25) is 4.99 Å². The van der Waals surface area contributed by atoms with Crippen LogP contribution >= 0.6 is 0 Å². The highest BCUT2D eigenvalue weighted by atomic mass is 19.1. The first kappa shape index (κ1) is 19.8. The van der Waals surface area contributed by atoms with E-state index < -0.39 is 0 Å². The SMILES string of the molecule is CN=C(NCCc1coc(-c2ccc(F)cc2)n1)NCC1COc2ccccc2O1. The number of para-hydroxylation sites is 2. The van der Waals surface area contributed by atoms with Crippen molar-refractivity contribution in [1.29, 1.82) is 0 Å². The lowest BCUT2D eigenvalue weighted by Gasteiger charge is -2.27. The second-order valence-electron chi connectivity index (χ2n) is 6.78. The molecule has 2 N–H and O–H groups in total. The maximum atomic E-state index is 13.0. The van der Waals surface area contributed by atoms with Gasteiger partial charge >= 0.3 is 0 Å². The molecule has 0 radical (unpaired) electrons. The molecule has 1 aliphatic rings. The molecule has 0 amide bonds. The number of aliphatic imine (C=N–C) groups is 1. The van der Waals surface area contributed by atoms with E-state index in [1.54, 1.807) is 25.4 Å². The number of nitrogens with one attached hydrogen (secondary N) is 2. The number of halogens is 1. The van der Waals surface area contributed by atoms with Crippen LogP contribution in [0, 0.1) is 5.82 Å². The molecule has 2 aromatic carbocycles. The molecule has 1 aliphatic heterocycles. The number of benzene rings is 2. The Morgan fingerprint density at radius 2 is 1.93 bits per heavy atom. The van der Waals surface area contributed by atoms with Crippen LogP contribution in [0.4, 0.5) is 4.39 Å². The van der Waals surface area contributed by atoms with E-state index in [4.69, 9.17) is 13.9 Å². The molecule has 0 fully saturated rings. The van der Waals surface area contributed by atoms with E-state index in [0.29, 0.717) is 38.0 Å². The van der Waals surface area contributed by atoms with E-state index in [-0.39, 0.29) is 11.9 Å². The second kappa shape index (κ2) is 9.30. The van der Waals surface area contributed by atoms with Gasteiger partial charge in [0.05, 0.1) is 12.2 Å². The van der Waals surface area contributed by atoms with Crippen molar-refractivity contribution in [3.05, 3.63) is 66.3 Å². The van der Waals surface area contributed by atoms with Gasteiger partial charge in [0.1, 0.15) is 24.8 Å². The van der Waals surface area contributed by atoms with Crippen LogP contribution in [0.5, 0.6) is 11.5 Å². The number of nitrogens with zero attached hydrogens (tertiary/aromatic N) is 2. The van der Waals surface area contributed by atoms with Gasteiger partial charge in [-0.1, -0.05) is 12.1 Å². The first-order valence-electron chi connectivity index (χ1n) is 9.74. The summed E-state index contributed by atoms with van der Waals surface area (Å²) in [6, 6.07) is 13.7. The summed E-state index contributed by atoms with van der Waals surface area (Å²) < 4.78 is 30.2. The van der Waals surface area contributed by atoms with E-state index in [1.807, 2.05) is 24.3 Å². The van der Waals surface area contributed by atoms with Gasteiger partial charge < -0.3 is 24.5 Å². The Hall–Kier alpha value is -3.55. The number of fused-ring (bicyclic) bond motifs is 1. The molecular formula is C22H23FN4O3. The molecule has 0 bridgehead atoms. The third-order valence-electron chi connectivity index (χ3n) is 4.60. The Bertz CT molecular complexity index is 1000. The Labute approximate surface area is 173 Å². The Morgan fingerprint density at radius 1 is 1.13 bits per heavy atom. The minimum absolute atomic E-state index is 0.104. The molecule has 1 aromatic heterocycles. The normalized spacial score (nSPS) is 15.7. The Kier molecular flexibility index (Phi) is 6.12. The minimum atomic E-state index is -0.289. The summed E-state index contributed by atoms with van der Waals surface area (Å²) in [5.41, 5.74) is 1.54. The average Bonchev–Trinajstić information content (AvgIpc) is 3.25. The minimum Gasteiger partial charge on any atom is -0.486 e. The van der Waals surface area contributed by atoms with Gasteiger partial charge in [-0.15, -0.1) is 0 Å². The maximum Gasteiger partial charge on any atom is 0.226 e. The molecule has 4 rings (SSSR count). The van der Waals surface area contributed by atoms with Crippen molar-refractivity contribution in [1.82, 2.24) is 15.6 Å². The number of aromatic nitrogens is 1. The van der Waals surface area contributed by atoms with Crippen molar-refractivity contribution in [3.8, 4) is 23.0 Å². The van der Waals surface area contributed by atoms with Gasteiger partial charge in [-0.2, -0.15) is 0 Å². The summed E-state index contributed by atoms with van der Waals surface area (Å²) in [5.74, 6) is 2.37. The molecule has 8 heteroatoms. The monoisotopic (exact) mass is 410 g/mol. The van der Waals surface area contributed by atoms with Crippen LogP contribution in [0.15, 0.2) is 64.2 Å². The van der Waals surface area contributed by atoms with Crippen molar-refractivity contribution in [2.45, 2.75) is 12.5 Å². The predicted molar refractivity (Wildman–Crippen MR) is 111 cm³/mol. The van der Waals surface area contributed by atoms with Crippen LogP contribution in [0.3, 0.4) is 0 Å². The van der Waals surface area contributed by atoms with Crippen LogP contribution in [-0.2, 0) is 6.42 Å². The standard InChI is InChI=1S/C22H23FN4O3/c1-24-22(26-12-18-14-28-19-4-2-3-5-20(19)30-18)25-11-10-17-13-29-21(27-17)15-6-8-16(23)9-7-15/h2-9,13,18H,10-12,14H2,1H3,(H2,24,25,26). The highest BCUT2D eigenvalue weighted by Gasteiger charge is 2.20. The van der Waals surface area contributed by atoms with Gasteiger partial charge in [0.25, 0.3) is 0 Å². The lowest BCUT2D eigenvalue weighted by molar-refractivity contribution is 0.0936. The Morgan fingerprint density at radius 3 is 2.73 bits per heavy atom. The van der Waals surface area contributed by atoms with E-state index in [9.17, 15) is 4.39 Å². The quantitative estimate of drug-likeness (QED) is 0.480. The second-order valence-corrected chi connectivity index (χ2v) is 6.78. The highest BCUT2D eigenvalue weighted by Crippen LogP contribution is 2.30. The van der Waals surface area contributed by atoms with Crippen molar-refractivity contribution in [2.24, 2.45) is 4.99 Å². The first-order chi connectivity index (χ1) is 14.7. The van der Waals surface area contributed by atoms with Crippen LogP contribution in [-0.4, -0.2) is 43.8 Å². The van der Waals surface area contributed by atoms with E-state index in [1.165, 1.54) is 12.1 Å². The maximum absolute atomic E-state index is 13.0. The highest BCUT2D eigenvalue weighted by molar-refractivity contribution is 5.79. The largest absolute Gasteiger partial charge is 0.486 e. The van der Waals surface area contributed by atoms with E-state index in [0.717, 1.165) is 22.8 Å². The molecule has 0 aliphatic carbocycles. The summed E-state index contributed by atoms with van der Waals surface area (Å²) in [4.78, 5) is 8.68. The molecule has 1 atom stereocenters. The van der Waals surface area contributed by atoms with E-state index in [2.05, 4.69) is 20.6 Å². The fourth-order valence-electron chi connectivity index (χ4n) is 3.05. The molecule has 1 unspecified atom stereocenters. The average molecular weight is 410 g/mol. The fraction of sp³-hybridized carbons (Fsp3) is 0.273. The third kappa shape index (κ3) is 4.89. The number of oxazole rings is 1. The summed E-state index contributed by atoms with van der Waals surface area (Å²) in [6.45, 7) is 1.67. The number of hydrogen-bond acceptors (Lipinski definition) is 5. The lowest BCUT2D eigenvalue weighted by atomic mass is 10.2. The van der Waals surface area contributed by atoms with Crippen LogP contribution in [0.1, 0.15) is 5.69 Å². The number of guanidine groups is 1. The Balaban J connectivity index is 1.22. The molecule has 0 saturated carbocycles. The van der Waals surface area contributed by atoms with Crippen molar-refractivity contribution in [2.75, 3.05) is 26.7 Å². The molecule has 30 heavy (non-hydrogen) atoms. The molecule has 2 heterocycles. The predicted octanol–water partition coefficient (Wildman–Crippen LogP) is 3.03. The van der Waals surface area contributed by atoms with Crippen LogP contribution in [0.2, 0.25) is 0 Å². The molecular weight excluding hydrogens is 387 g/mol. The van der Waals surface area contributed by atoms with Crippen molar-refractivity contribution >= 4 is 5.96 Å². The van der Waals surface area contributed by atoms with Crippen LogP contribution in [0.25, 0.3) is 11.5 Å². The van der Waals surface area contributed by atoms with Gasteiger partial charge in [-0.25, -0.2) is 9.37 Å². The molecule has 156 valence electrons. The molecule has 0 spiro atoms. The van der Waals surface area contributed by atoms with Gasteiger partial charge in [0.2, 0.25) is 5.89 Å². The number of rotatable bonds is 6. The van der Waals surface area contributed by atoms with Crippen molar-refractivity contribution < 1.29 is 18.3 Å². The zero-order valence-corrected chi connectivity index (χ0v) is 16.6. The van der Waals surface area contributed by atoms with Gasteiger partial charge in [-0.05, 0) is 36.4 Å². The summed E-state index contributed by atoms with van der Waals surface area (Å²) >= 11 is 0.